The van der Waals surface area contributed by atoms with Crippen molar-refractivity contribution in [1.82, 2.24) is 4.90 Å². The highest BCUT2D eigenvalue weighted by Gasteiger charge is 2.30. The van der Waals surface area contributed by atoms with Gasteiger partial charge >= 0.3 is 0 Å². The number of primary amides is 1. The van der Waals surface area contributed by atoms with Crippen LogP contribution in [0.3, 0.4) is 0 Å². The first-order chi connectivity index (χ1) is 8.99. The van der Waals surface area contributed by atoms with E-state index in [4.69, 9.17) is 5.73 Å². The van der Waals surface area contributed by atoms with Crippen molar-refractivity contribution in [3.8, 4) is 0 Å². The van der Waals surface area contributed by atoms with Gasteiger partial charge in [-0.25, -0.2) is 8.78 Å². The molecule has 0 spiro atoms. The van der Waals surface area contributed by atoms with Crippen LogP contribution in [0.25, 0.3) is 0 Å². The Morgan fingerprint density at radius 1 is 1.37 bits per heavy atom. The molecule has 1 aromatic rings. The van der Waals surface area contributed by atoms with Gasteiger partial charge in [0.1, 0.15) is 11.6 Å². The fraction of sp³-hybridized carbons (Fsp3) is 0.385. The van der Waals surface area contributed by atoms with Crippen molar-refractivity contribution in [1.29, 1.82) is 0 Å². The van der Waals surface area contributed by atoms with E-state index in [9.17, 15) is 18.4 Å². The van der Waals surface area contributed by atoms with Crippen molar-refractivity contribution in [3.05, 3.63) is 35.4 Å². The number of nitrogens with zero attached hydrogens (tertiary/aromatic N) is 1. The Morgan fingerprint density at radius 3 is 2.74 bits per heavy atom. The number of carbonyl (C=O) groups is 2. The van der Waals surface area contributed by atoms with Crippen molar-refractivity contribution < 1.29 is 18.4 Å². The van der Waals surface area contributed by atoms with Gasteiger partial charge in [0.05, 0.1) is 18.2 Å². The number of nitrogens with two attached hydrogens (primary N) is 1. The predicted octanol–water partition coefficient (Wildman–Crippen LogP) is 1.10. The number of Topliss-reactive ketones (excluding diaryl/α,β-unsaturated/α-hetero) is 1. The van der Waals surface area contributed by atoms with Crippen molar-refractivity contribution >= 4 is 11.7 Å². The maximum Gasteiger partial charge on any atom is 0.234 e. The summed E-state index contributed by atoms with van der Waals surface area (Å²) in [7, 11) is 0. The van der Waals surface area contributed by atoms with E-state index < -0.39 is 29.4 Å². The molecular weight excluding hydrogens is 254 g/mol. The van der Waals surface area contributed by atoms with E-state index in [1.807, 2.05) is 0 Å². The second-order valence-electron chi connectivity index (χ2n) is 4.58. The van der Waals surface area contributed by atoms with Crippen molar-refractivity contribution in [2.75, 3.05) is 13.1 Å². The minimum absolute atomic E-state index is 0.0871. The number of carbonyl (C=O) groups excluding carboxylic acids is 2. The number of halogens is 2. The first kappa shape index (κ1) is 13.6. The van der Waals surface area contributed by atoms with E-state index in [2.05, 4.69) is 0 Å². The molecule has 4 nitrogen and oxygen atoms in total. The van der Waals surface area contributed by atoms with Crippen molar-refractivity contribution in [2.45, 2.75) is 18.9 Å². The van der Waals surface area contributed by atoms with Gasteiger partial charge in [-0.05, 0) is 31.5 Å². The van der Waals surface area contributed by atoms with Gasteiger partial charge in [0.2, 0.25) is 5.91 Å². The zero-order valence-electron chi connectivity index (χ0n) is 10.2. The number of hydrogen-bond acceptors (Lipinski definition) is 3. The van der Waals surface area contributed by atoms with Gasteiger partial charge in [-0.2, -0.15) is 0 Å². The summed E-state index contributed by atoms with van der Waals surface area (Å²) in [4.78, 5) is 24.8. The summed E-state index contributed by atoms with van der Waals surface area (Å²) < 4.78 is 26.2. The first-order valence-electron chi connectivity index (χ1n) is 6.00. The van der Waals surface area contributed by atoms with Crippen LogP contribution in [-0.2, 0) is 4.79 Å². The van der Waals surface area contributed by atoms with Gasteiger partial charge in [-0.15, -0.1) is 0 Å². The van der Waals surface area contributed by atoms with Crippen LogP contribution < -0.4 is 5.73 Å². The average molecular weight is 268 g/mol. The van der Waals surface area contributed by atoms with Crippen LogP contribution in [-0.4, -0.2) is 35.7 Å². The zero-order chi connectivity index (χ0) is 14.0. The van der Waals surface area contributed by atoms with E-state index in [0.29, 0.717) is 19.0 Å². The quantitative estimate of drug-likeness (QED) is 0.832. The third-order valence-electron chi connectivity index (χ3n) is 3.27. The van der Waals surface area contributed by atoms with Crippen LogP contribution in [0.15, 0.2) is 18.2 Å². The van der Waals surface area contributed by atoms with Gasteiger partial charge in [-0.3, -0.25) is 14.5 Å². The van der Waals surface area contributed by atoms with Crippen LogP contribution in [0.2, 0.25) is 0 Å². The van der Waals surface area contributed by atoms with Crippen LogP contribution in [0.4, 0.5) is 8.78 Å². The number of hydrogen-bond donors (Lipinski definition) is 1. The molecule has 2 N–H and O–H groups in total. The molecule has 19 heavy (non-hydrogen) atoms. The number of rotatable bonds is 4. The minimum Gasteiger partial charge on any atom is -0.368 e. The van der Waals surface area contributed by atoms with E-state index >= 15 is 0 Å². The molecule has 1 amide bonds. The molecule has 0 aromatic heterocycles. The highest BCUT2D eigenvalue weighted by Crippen LogP contribution is 2.18. The van der Waals surface area contributed by atoms with E-state index in [-0.39, 0.29) is 12.1 Å². The second kappa shape index (κ2) is 5.44. The molecule has 1 aromatic carbocycles. The van der Waals surface area contributed by atoms with Gasteiger partial charge in [0.15, 0.2) is 5.78 Å². The fourth-order valence-corrected chi connectivity index (χ4v) is 2.32. The molecule has 0 radical (unpaired) electrons. The lowest BCUT2D eigenvalue weighted by atomic mass is 10.1. The molecule has 0 aliphatic carbocycles. The van der Waals surface area contributed by atoms with Gasteiger partial charge < -0.3 is 5.73 Å². The third kappa shape index (κ3) is 2.96. The molecule has 1 heterocycles. The first-order valence-corrected chi connectivity index (χ1v) is 6.00. The highest BCUT2D eigenvalue weighted by molar-refractivity contribution is 5.98. The van der Waals surface area contributed by atoms with E-state index in [0.717, 1.165) is 18.6 Å². The molecule has 1 aliphatic heterocycles. The molecule has 1 atom stereocenters. The topological polar surface area (TPSA) is 63.4 Å². The Labute approximate surface area is 109 Å². The fourth-order valence-electron chi connectivity index (χ4n) is 2.32. The molecule has 1 aliphatic rings. The van der Waals surface area contributed by atoms with Crippen LogP contribution in [0.1, 0.15) is 23.2 Å². The van der Waals surface area contributed by atoms with Crippen LogP contribution in [0.5, 0.6) is 0 Å². The zero-order valence-corrected chi connectivity index (χ0v) is 10.2. The second-order valence-corrected chi connectivity index (χ2v) is 4.58. The summed E-state index contributed by atoms with van der Waals surface area (Å²) in [6.07, 6.45) is 1.38. The number of amides is 1. The largest absolute Gasteiger partial charge is 0.368 e. The Bertz CT molecular complexity index is 519. The number of ketones is 1. The summed E-state index contributed by atoms with van der Waals surface area (Å²) in [6.45, 7) is 0.484. The SMILES string of the molecule is NC(=O)C1CCCN1CC(=O)c1ccc(F)cc1F. The maximum absolute atomic E-state index is 13.5. The Hall–Kier alpha value is -1.82. The molecule has 6 heteroatoms. The maximum atomic E-state index is 13.5. The van der Waals surface area contributed by atoms with E-state index in [1.54, 1.807) is 4.90 Å². The molecule has 2 rings (SSSR count). The van der Waals surface area contributed by atoms with Crippen molar-refractivity contribution in [2.24, 2.45) is 5.73 Å². The van der Waals surface area contributed by atoms with Gasteiger partial charge in [0, 0.05) is 6.07 Å². The molecule has 102 valence electrons. The van der Waals surface area contributed by atoms with Crippen molar-refractivity contribution in [3.63, 3.8) is 0 Å². The average Bonchev–Trinajstić information content (AvgIpc) is 2.76. The minimum atomic E-state index is -0.889. The number of likely N-dealkylation sites (tertiary alicyclic amines) is 1. The summed E-state index contributed by atoms with van der Waals surface area (Å²) in [5.74, 6) is -2.58. The Kier molecular flexibility index (Phi) is 3.90. The third-order valence-corrected chi connectivity index (χ3v) is 3.27. The van der Waals surface area contributed by atoms with Crippen LogP contribution >= 0.6 is 0 Å². The lowest BCUT2D eigenvalue weighted by Gasteiger charge is -2.20. The summed E-state index contributed by atoms with van der Waals surface area (Å²) in [5, 5.41) is 0. The summed E-state index contributed by atoms with van der Waals surface area (Å²) in [5.41, 5.74) is 5.07. The highest BCUT2D eigenvalue weighted by atomic mass is 19.1. The van der Waals surface area contributed by atoms with Gasteiger partial charge in [-0.1, -0.05) is 0 Å². The Balaban J connectivity index is 2.10. The molecule has 1 fully saturated rings. The number of benzene rings is 1. The molecule has 1 saturated heterocycles. The monoisotopic (exact) mass is 268 g/mol. The van der Waals surface area contributed by atoms with Crippen LogP contribution in [0, 0.1) is 11.6 Å². The normalized spacial score (nSPS) is 19.6. The molecule has 0 saturated carbocycles. The Morgan fingerprint density at radius 2 is 2.11 bits per heavy atom. The summed E-state index contributed by atoms with van der Waals surface area (Å²) in [6, 6.07) is 2.34. The molecule has 1 unspecified atom stereocenters. The standard InChI is InChI=1S/C13H14F2N2O2/c14-8-3-4-9(10(15)6-8)12(18)7-17-5-1-2-11(17)13(16)19/h3-4,6,11H,1-2,5,7H2,(H2,16,19). The lowest BCUT2D eigenvalue weighted by Crippen LogP contribution is -2.42. The molecule has 0 bridgehead atoms. The lowest BCUT2D eigenvalue weighted by molar-refractivity contribution is -0.122. The summed E-state index contributed by atoms with van der Waals surface area (Å²) >= 11 is 0. The predicted molar refractivity (Wildman–Crippen MR) is 64.5 cm³/mol. The molecular formula is C13H14F2N2O2. The smallest absolute Gasteiger partial charge is 0.234 e. The van der Waals surface area contributed by atoms with E-state index in [1.165, 1.54) is 0 Å². The van der Waals surface area contributed by atoms with Gasteiger partial charge in [0.25, 0.3) is 0 Å².